The van der Waals surface area contributed by atoms with Crippen LogP contribution in [0.3, 0.4) is 0 Å². The molecule has 0 atom stereocenters. The van der Waals surface area contributed by atoms with Crippen LogP contribution >= 0.6 is 23.2 Å². The second kappa shape index (κ2) is 4.75. The van der Waals surface area contributed by atoms with E-state index in [9.17, 15) is 0 Å². The van der Waals surface area contributed by atoms with Gasteiger partial charge in [-0.1, -0.05) is 29.3 Å². The van der Waals surface area contributed by atoms with Crippen LogP contribution < -0.4 is 0 Å². The first-order valence-electron chi connectivity index (χ1n) is 3.82. The summed E-state index contributed by atoms with van der Waals surface area (Å²) in [5, 5.41) is 0. The summed E-state index contributed by atoms with van der Waals surface area (Å²) in [4.78, 5) is 3.59. The second-order valence-electron chi connectivity index (χ2n) is 1.87. The van der Waals surface area contributed by atoms with Crippen LogP contribution in [0.15, 0.2) is 17.6 Å². The summed E-state index contributed by atoms with van der Waals surface area (Å²) in [7, 11) is 0. The van der Waals surface area contributed by atoms with Gasteiger partial charge in [-0.25, -0.2) is 0 Å². The van der Waals surface area contributed by atoms with E-state index < -0.39 is 10.8 Å². The van der Waals surface area contributed by atoms with Gasteiger partial charge >= 0.3 is 0 Å². The third-order valence-corrected chi connectivity index (χ3v) is 0.813. The number of hydrogen-bond donors (Lipinski definition) is 0. The SMILES string of the molecule is [2H]C([2H])(CC=C)N=CC(C)(Cl)Cl. The fraction of sp³-hybridized carbons (Fsp3) is 0.571. The summed E-state index contributed by atoms with van der Waals surface area (Å²) < 4.78 is 13.5. The smallest absolute Gasteiger partial charge is 0.149 e. The lowest BCUT2D eigenvalue weighted by Crippen LogP contribution is -2.07. The predicted molar refractivity (Wildman–Crippen MR) is 48.3 cm³/mol. The third-order valence-electron chi connectivity index (χ3n) is 0.618. The minimum absolute atomic E-state index is 0.146. The standard InChI is InChI=1S/C7H11Cl2N/c1-3-4-5-10-6-7(2,8)9/h3,6H,1,4-5H2,2H3/i5D2. The van der Waals surface area contributed by atoms with Gasteiger partial charge in [0.05, 0.1) is 2.74 Å². The molecule has 0 fully saturated rings. The van der Waals surface area contributed by atoms with Crippen molar-refractivity contribution < 1.29 is 2.74 Å². The Morgan fingerprint density at radius 1 is 1.80 bits per heavy atom. The van der Waals surface area contributed by atoms with Crippen LogP contribution in [0.4, 0.5) is 0 Å². The van der Waals surface area contributed by atoms with Crippen molar-refractivity contribution in [3.8, 4) is 0 Å². The molecule has 58 valence electrons. The lowest BCUT2D eigenvalue weighted by atomic mass is 10.4. The quantitative estimate of drug-likeness (QED) is 0.360. The van der Waals surface area contributed by atoms with Crippen molar-refractivity contribution in [1.29, 1.82) is 0 Å². The van der Waals surface area contributed by atoms with E-state index in [2.05, 4.69) is 11.6 Å². The zero-order chi connectivity index (χ0) is 9.83. The summed E-state index contributed by atoms with van der Waals surface area (Å²) in [6.07, 6.45) is 2.78. The molecule has 10 heavy (non-hydrogen) atoms. The van der Waals surface area contributed by atoms with Crippen LogP contribution in [0.1, 0.15) is 16.1 Å². The molecule has 0 aliphatic carbocycles. The molecule has 0 aromatic rings. The van der Waals surface area contributed by atoms with Crippen molar-refractivity contribution in [2.24, 2.45) is 4.99 Å². The molecule has 0 aliphatic rings. The number of halogens is 2. The number of alkyl halides is 2. The van der Waals surface area contributed by atoms with Crippen LogP contribution in [0.2, 0.25) is 0 Å². The summed E-state index contributed by atoms with van der Waals surface area (Å²) in [5.41, 5.74) is 0. The van der Waals surface area contributed by atoms with Crippen LogP contribution in [0, 0.1) is 0 Å². The highest BCUT2D eigenvalue weighted by Crippen LogP contribution is 2.15. The van der Waals surface area contributed by atoms with Crippen LogP contribution in [-0.4, -0.2) is 17.0 Å². The van der Waals surface area contributed by atoms with E-state index >= 15 is 0 Å². The number of rotatable bonds is 4. The van der Waals surface area contributed by atoms with Gasteiger partial charge in [0.25, 0.3) is 0 Å². The second-order valence-corrected chi connectivity index (χ2v) is 3.63. The van der Waals surface area contributed by atoms with Crippen molar-refractivity contribution in [3.05, 3.63) is 12.7 Å². The molecule has 0 aliphatic heterocycles. The molecule has 0 saturated heterocycles. The van der Waals surface area contributed by atoms with Crippen molar-refractivity contribution in [1.82, 2.24) is 0 Å². The minimum Gasteiger partial charge on any atom is -0.294 e. The van der Waals surface area contributed by atoms with Crippen molar-refractivity contribution in [3.63, 3.8) is 0 Å². The van der Waals surface area contributed by atoms with Gasteiger partial charge in [0.1, 0.15) is 4.33 Å². The normalized spacial score (nSPS) is 16.7. The van der Waals surface area contributed by atoms with E-state index in [-0.39, 0.29) is 6.42 Å². The molecule has 0 aromatic carbocycles. The molecule has 1 nitrogen and oxygen atoms in total. The average molecular weight is 182 g/mol. The molecular formula is C7H11Cl2N. The Bertz CT molecular complexity index is 184. The predicted octanol–water partition coefficient (Wildman–Crippen LogP) is 2.83. The molecule has 0 aromatic heterocycles. The molecule has 0 spiro atoms. The largest absolute Gasteiger partial charge is 0.294 e. The lowest BCUT2D eigenvalue weighted by Gasteiger charge is -2.03. The zero-order valence-electron chi connectivity index (χ0n) is 7.77. The topological polar surface area (TPSA) is 12.4 Å². The highest BCUT2D eigenvalue weighted by atomic mass is 35.5. The van der Waals surface area contributed by atoms with Gasteiger partial charge in [-0.2, -0.15) is 0 Å². The fourth-order valence-electron chi connectivity index (χ4n) is 0.276. The Labute approximate surface area is 74.6 Å². The van der Waals surface area contributed by atoms with Crippen LogP contribution in [0.5, 0.6) is 0 Å². The van der Waals surface area contributed by atoms with E-state index in [0.717, 1.165) is 0 Å². The van der Waals surface area contributed by atoms with E-state index in [0.29, 0.717) is 0 Å². The lowest BCUT2D eigenvalue weighted by molar-refractivity contribution is 1.00. The van der Waals surface area contributed by atoms with Crippen molar-refractivity contribution in [2.45, 2.75) is 17.7 Å². The van der Waals surface area contributed by atoms with E-state index in [1.807, 2.05) is 0 Å². The maximum absolute atomic E-state index is 7.29. The van der Waals surface area contributed by atoms with Crippen LogP contribution in [-0.2, 0) is 0 Å². The molecule has 0 amide bonds. The van der Waals surface area contributed by atoms with Gasteiger partial charge in [0, 0.05) is 12.7 Å². The average Bonchev–Trinajstić information content (AvgIpc) is 1.83. The molecule has 3 heteroatoms. The monoisotopic (exact) mass is 181 g/mol. The Morgan fingerprint density at radius 3 is 2.80 bits per heavy atom. The van der Waals surface area contributed by atoms with Crippen LogP contribution in [0.25, 0.3) is 0 Å². The number of hydrogen-bond acceptors (Lipinski definition) is 1. The van der Waals surface area contributed by atoms with Gasteiger partial charge in [-0.3, -0.25) is 4.99 Å². The van der Waals surface area contributed by atoms with E-state index in [4.69, 9.17) is 25.9 Å². The summed E-state index contributed by atoms with van der Waals surface area (Å²) in [6, 6.07) is 0. The van der Waals surface area contributed by atoms with E-state index in [1.54, 1.807) is 0 Å². The van der Waals surface area contributed by atoms with Gasteiger partial charge in [0.15, 0.2) is 0 Å². The Morgan fingerprint density at radius 2 is 2.40 bits per heavy atom. The summed E-state index contributed by atoms with van der Waals surface area (Å²) in [5.74, 6) is 0. The van der Waals surface area contributed by atoms with Gasteiger partial charge in [-0.05, 0) is 13.3 Å². The molecular weight excluding hydrogens is 169 g/mol. The molecule has 0 saturated carbocycles. The fourth-order valence-corrected chi connectivity index (χ4v) is 0.374. The molecule has 0 N–H and O–H groups in total. The maximum Gasteiger partial charge on any atom is 0.149 e. The summed E-state index contributed by atoms with van der Waals surface area (Å²) >= 11 is 11.1. The van der Waals surface area contributed by atoms with Crippen molar-refractivity contribution >= 4 is 29.4 Å². The third kappa shape index (κ3) is 7.99. The first kappa shape index (κ1) is 6.68. The molecule has 0 bridgehead atoms. The zero-order valence-corrected chi connectivity index (χ0v) is 7.28. The number of nitrogens with zero attached hydrogens (tertiary/aromatic N) is 1. The molecule has 0 rings (SSSR count). The van der Waals surface area contributed by atoms with E-state index in [1.165, 1.54) is 19.2 Å². The van der Waals surface area contributed by atoms with Gasteiger partial charge < -0.3 is 0 Å². The maximum atomic E-state index is 7.29. The Balaban J connectivity index is 4.22. The summed E-state index contributed by atoms with van der Waals surface area (Å²) in [6.45, 7) is 3.27. The van der Waals surface area contributed by atoms with Crippen molar-refractivity contribution in [2.75, 3.05) is 6.50 Å². The Hall–Kier alpha value is -0.0100. The minimum atomic E-state index is -1.66. The van der Waals surface area contributed by atoms with Gasteiger partial charge in [-0.15, -0.1) is 6.58 Å². The number of aliphatic imine (C=N–C) groups is 1. The van der Waals surface area contributed by atoms with Gasteiger partial charge in [0.2, 0.25) is 0 Å². The molecule has 0 unspecified atom stereocenters. The highest BCUT2D eigenvalue weighted by molar-refractivity contribution is 6.55. The Kier molecular flexibility index (Phi) is 3.18. The molecule has 0 radical (unpaired) electrons. The first-order chi connectivity index (χ1) is 5.27. The first-order valence-corrected chi connectivity index (χ1v) is 3.57. The highest BCUT2D eigenvalue weighted by Gasteiger charge is 2.10. The molecule has 0 heterocycles.